The first-order chi connectivity index (χ1) is 13.0. The maximum Gasteiger partial charge on any atom is 0.191 e. The molecule has 0 radical (unpaired) electrons. The Labute approximate surface area is 164 Å². The monoisotopic (exact) mass is 377 g/mol. The van der Waals surface area contributed by atoms with E-state index in [2.05, 4.69) is 41.3 Å². The van der Waals surface area contributed by atoms with Gasteiger partial charge in [-0.2, -0.15) is 0 Å². The second kappa shape index (κ2) is 11.2. The van der Waals surface area contributed by atoms with E-state index in [1.807, 2.05) is 13.0 Å². The minimum atomic E-state index is -0.173. The molecule has 5 nitrogen and oxygen atoms in total. The maximum atomic E-state index is 13.2. The van der Waals surface area contributed by atoms with Crippen molar-refractivity contribution < 1.29 is 4.39 Å². The molecule has 0 aliphatic carbocycles. The summed E-state index contributed by atoms with van der Waals surface area (Å²) in [6, 6.07) is 4.99. The zero-order chi connectivity index (χ0) is 19.6. The Morgan fingerprint density at radius 2 is 1.96 bits per heavy atom. The summed E-state index contributed by atoms with van der Waals surface area (Å²) in [5.41, 5.74) is 2.17. The van der Waals surface area contributed by atoms with E-state index < -0.39 is 0 Å². The summed E-state index contributed by atoms with van der Waals surface area (Å²) in [6.07, 6.45) is 0.855. The van der Waals surface area contributed by atoms with Gasteiger partial charge in [0.1, 0.15) is 5.82 Å². The van der Waals surface area contributed by atoms with Gasteiger partial charge in [0, 0.05) is 52.4 Å². The molecule has 1 aliphatic rings. The first-order valence-corrected chi connectivity index (χ1v) is 10.2. The molecule has 0 saturated carbocycles. The molecular formula is C21H36FN5. The lowest BCUT2D eigenvalue weighted by Crippen LogP contribution is -2.46. The van der Waals surface area contributed by atoms with Crippen molar-refractivity contribution in [3.63, 3.8) is 0 Å². The van der Waals surface area contributed by atoms with Gasteiger partial charge in [-0.25, -0.2) is 4.39 Å². The van der Waals surface area contributed by atoms with E-state index in [4.69, 9.17) is 4.99 Å². The second-order valence-electron chi connectivity index (χ2n) is 7.68. The Balaban J connectivity index is 1.77. The summed E-state index contributed by atoms with van der Waals surface area (Å²) in [5, 5.41) is 6.72. The number of nitrogens with zero attached hydrogens (tertiary/aromatic N) is 3. The normalized spacial score (nSPS) is 17.7. The molecule has 1 heterocycles. The molecule has 6 heteroatoms. The van der Waals surface area contributed by atoms with Crippen molar-refractivity contribution >= 4 is 5.96 Å². The van der Waals surface area contributed by atoms with Crippen LogP contribution in [0.25, 0.3) is 0 Å². The molecule has 1 unspecified atom stereocenters. The van der Waals surface area contributed by atoms with Crippen molar-refractivity contribution in [3.05, 3.63) is 35.1 Å². The molecule has 0 amide bonds. The van der Waals surface area contributed by atoms with Crippen LogP contribution in [0.3, 0.4) is 0 Å². The van der Waals surface area contributed by atoms with Gasteiger partial charge in [0.2, 0.25) is 0 Å². The van der Waals surface area contributed by atoms with Crippen molar-refractivity contribution in [2.45, 2.75) is 27.2 Å². The lowest BCUT2D eigenvalue weighted by Gasteiger charge is -2.33. The number of rotatable bonds is 8. The van der Waals surface area contributed by atoms with E-state index in [9.17, 15) is 4.39 Å². The van der Waals surface area contributed by atoms with Crippen molar-refractivity contribution in [1.29, 1.82) is 0 Å². The highest BCUT2D eigenvalue weighted by Gasteiger charge is 2.16. The van der Waals surface area contributed by atoms with Crippen molar-refractivity contribution in [1.82, 2.24) is 20.4 Å². The Hall–Kier alpha value is -1.66. The zero-order valence-corrected chi connectivity index (χ0v) is 17.4. The van der Waals surface area contributed by atoms with Crippen LogP contribution in [0.2, 0.25) is 0 Å². The van der Waals surface area contributed by atoms with Crippen molar-refractivity contribution in [3.8, 4) is 0 Å². The fourth-order valence-corrected chi connectivity index (χ4v) is 3.37. The molecule has 1 aromatic carbocycles. The fraction of sp³-hybridized carbons (Fsp3) is 0.667. The van der Waals surface area contributed by atoms with E-state index in [0.717, 1.165) is 70.3 Å². The number of nitrogens with one attached hydrogen (secondary N) is 2. The lowest BCUT2D eigenvalue weighted by molar-refractivity contribution is 0.140. The number of piperazine rings is 1. The molecule has 1 saturated heterocycles. The van der Waals surface area contributed by atoms with Crippen LogP contribution in [0.15, 0.2) is 23.2 Å². The lowest BCUT2D eigenvalue weighted by atomic mass is 10.1. The van der Waals surface area contributed by atoms with Gasteiger partial charge in [-0.05, 0) is 56.5 Å². The number of guanidine groups is 1. The van der Waals surface area contributed by atoms with Gasteiger partial charge >= 0.3 is 0 Å². The molecule has 0 spiro atoms. The van der Waals surface area contributed by atoms with E-state index >= 15 is 0 Å². The third-order valence-corrected chi connectivity index (χ3v) is 5.06. The van der Waals surface area contributed by atoms with E-state index in [0.29, 0.717) is 5.92 Å². The van der Waals surface area contributed by atoms with Crippen LogP contribution in [0.4, 0.5) is 4.39 Å². The molecule has 0 aromatic heterocycles. The molecule has 1 atom stereocenters. The molecule has 2 rings (SSSR count). The number of benzene rings is 1. The third kappa shape index (κ3) is 7.85. The number of hydrogen-bond donors (Lipinski definition) is 2. The topological polar surface area (TPSA) is 42.9 Å². The Morgan fingerprint density at radius 1 is 1.22 bits per heavy atom. The third-order valence-electron chi connectivity index (χ3n) is 5.06. The predicted molar refractivity (Wildman–Crippen MR) is 112 cm³/mol. The number of aryl methyl sites for hydroxylation is 1. The van der Waals surface area contributed by atoms with Gasteiger partial charge in [-0.15, -0.1) is 0 Å². The molecule has 1 fully saturated rings. The van der Waals surface area contributed by atoms with Crippen LogP contribution in [0.5, 0.6) is 0 Å². The summed E-state index contributed by atoms with van der Waals surface area (Å²) in [7, 11) is 2.19. The first kappa shape index (κ1) is 21.6. The highest BCUT2D eigenvalue weighted by molar-refractivity contribution is 5.79. The number of likely N-dealkylation sites (N-methyl/N-ethyl adjacent to an activating group) is 1. The number of halogens is 1. The minimum absolute atomic E-state index is 0.173. The minimum Gasteiger partial charge on any atom is -0.357 e. The fourth-order valence-electron chi connectivity index (χ4n) is 3.37. The van der Waals surface area contributed by atoms with Gasteiger partial charge in [0.15, 0.2) is 5.96 Å². The highest BCUT2D eigenvalue weighted by Crippen LogP contribution is 2.10. The van der Waals surface area contributed by atoms with E-state index in [1.165, 1.54) is 11.6 Å². The summed E-state index contributed by atoms with van der Waals surface area (Å²) >= 11 is 0. The summed E-state index contributed by atoms with van der Waals surface area (Å²) in [5.74, 6) is 1.22. The highest BCUT2D eigenvalue weighted by atomic mass is 19.1. The van der Waals surface area contributed by atoms with E-state index in [1.54, 1.807) is 6.07 Å². The zero-order valence-electron chi connectivity index (χ0n) is 17.4. The van der Waals surface area contributed by atoms with Gasteiger partial charge in [0.05, 0.1) is 0 Å². The summed E-state index contributed by atoms with van der Waals surface area (Å²) in [6.45, 7) is 14.5. The van der Waals surface area contributed by atoms with Crippen LogP contribution < -0.4 is 10.6 Å². The van der Waals surface area contributed by atoms with Crippen molar-refractivity contribution in [2.75, 3.05) is 59.4 Å². The van der Waals surface area contributed by atoms with E-state index in [-0.39, 0.29) is 5.82 Å². The van der Waals surface area contributed by atoms with Crippen molar-refractivity contribution in [2.24, 2.45) is 10.9 Å². The quantitative estimate of drug-likeness (QED) is 0.538. The second-order valence-corrected chi connectivity index (χ2v) is 7.68. The molecule has 27 heavy (non-hydrogen) atoms. The molecular weight excluding hydrogens is 341 g/mol. The van der Waals surface area contributed by atoms with Gasteiger partial charge in [0.25, 0.3) is 0 Å². The Morgan fingerprint density at radius 3 is 2.63 bits per heavy atom. The summed E-state index contributed by atoms with van der Waals surface area (Å²) in [4.78, 5) is 9.68. The summed E-state index contributed by atoms with van der Waals surface area (Å²) < 4.78 is 13.2. The number of hydrogen-bond acceptors (Lipinski definition) is 3. The predicted octanol–water partition coefficient (Wildman–Crippen LogP) is 2.12. The first-order valence-electron chi connectivity index (χ1n) is 10.2. The smallest absolute Gasteiger partial charge is 0.191 e. The number of aliphatic imine (C=N–C) groups is 1. The van der Waals surface area contributed by atoms with Crippen LogP contribution in [-0.2, 0) is 6.42 Å². The average molecular weight is 378 g/mol. The Bertz CT molecular complexity index is 596. The molecule has 1 aromatic rings. The van der Waals surface area contributed by atoms with Crippen LogP contribution in [0.1, 0.15) is 25.0 Å². The standard InChI is InChI=1S/C21H36FN5/c1-5-23-21(24-9-8-19-6-7-20(22)14-18(19)3)25-15-17(2)16-27-12-10-26(4)11-13-27/h6-7,14,17H,5,8-13,15-16H2,1-4H3,(H2,23,24,25). The van der Waals surface area contributed by atoms with Crippen LogP contribution in [-0.4, -0.2) is 75.2 Å². The van der Waals surface area contributed by atoms with Crippen LogP contribution in [0, 0.1) is 18.7 Å². The molecule has 0 bridgehead atoms. The van der Waals surface area contributed by atoms with Gasteiger partial charge in [-0.1, -0.05) is 13.0 Å². The van der Waals surface area contributed by atoms with Crippen LogP contribution >= 0.6 is 0 Å². The molecule has 1 aliphatic heterocycles. The Kier molecular flexibility index (Phi) is 9.01. The average Bonchev–Trinajstić information content (AvgIpc) is 2.63. The van der Waals surface area contributed by atoms with Gasteiger partial charge < -0.3 is 20.4 Å². The molecule has 2 N–H and O–H groups in total. The largest absolute Gasteiger partial charge is 0.357 e. The SMILES string of the molecule is CCNC(=NCC(C)CN1CCN(C)CC1)NCCc1ccc(F)cc1C. The maximum absolute atomic E-state index is 13.2. The van der Waals surface area contributed by atoms with Gasteiger partial charge in [-0.3, -0.25) is 4.99 Å². The molecule has 152 valence electrons.